The molecule has 1 unspecified atom stereocenters. The zero-order valence-corrected chi connectivity index (χ0v) is 27.6. The Morgan fingerprint density at radius 1 is 1.00 bits per heavy atom. The molecule has 10 nitrogen and oxygen atoms in total. The minimum absolute atomic E-state index is 0.0297. The van der Waals surface area contributed by atoms with E-state index < -0.39 is 34.3 Å². The van der Waals surface area contributed by atoms with Gasteiger partial charge in [-0.05, 0) is 57.2 Å². The van der Waals surface area contributed by atoms with E-state index in [-0.39, 0.29) is 53.7 Å². The Morgan fingerprint density at radius 3 is 2.46 bits per heavy atom. The van der Waals surface area contributed by atoms with Crippen LogP contribution in [-0.4, -0.2) is 103 Å². The lowest BCUT2D eigenvalue weighted by Gasteiger charge is -2.70. The third-order valence-electron chi connectivity index (χ3n) is 14.3. The summed E-state index contributed by atoms with van der Waals surface area (Å²) in [6.07, 6.45) is 5.78. The summed E-state index contributed by atoms with van der Waals surface area (Å²) in [5, 5.41) is 28.9. The number of hydrogen-bond acceptors (Lipinski definition) is 9. The van der Waals surface area contributed by atoms with Gasteiger partial charge in [-0.25, -0.2) is 4.79 Å². The number of methoxy groups -OCH3 is 3. The number of aliphatic hydroxyl groups is 2. The molecule has 0 aromatic heterocycles. The number of esters is 1. The number of carbonyl (C=O) groups excluding carboxylic acids is 2. The second kappa shape index (κ2) is 10.7. The van der Waals surface area contributed by atoms with Crippen LogP contribution in [-0.2, 0) is 23.7 Å². The van der Waals surface area contributed by atoms with Crippen LogP contribution in [0, 0.1) is 35.0 Å². The Hall–Kier alpha value is -2.08. The lowest BCUT2D eigenvalue weighted by atomic mass is 9.44. The molecule has 8 rings (SSSR count). The number of anilines is 1. The SMILES string of the molecule is CCN1C[C@]2(OC(=O)c3ccccc3NC(=O)C3CCCC3)CC[C@H](OC)[C@]34C1[C@H](C[C@H]23)[C@@]1(O)C[C@H](OC)[C@H]2C[C@@H]4[C@]1(O)[C@H]2OC. The van der Waals surface area contributed by atoms with Crippen molar-refractivity contribution < 1.29 is 38.7 Å². The number of likely N-dealkylation sites (tertiary alicyclic amines) is 1. The highest BCUT2D eigenvalue weighted by Crippen LogP contribution is 2.79. The monoisotopic (exact) mass is 638 g/mol. The number of benzene rings is 1. The number of fused-ring (bicyclic) bond motifs is 2. The van der Waals surface area contributed by atoms with Gasteiger partial charge in [0.15, 0.2) is 0 Å². The van der Waals surface area contributed by atoms with Gasteiger partial charge in [0.05, 0.1) is 29.6 Å². The summed E-state index contributed by atoms with van der Waals surface area (Å²) < 4.78 is 25.3. The Labute approximate surface area is 271 Å². The van der Waals surface area contributed by atoms with Gasteiger partial charge in [-0.2, -0.15) is 0 Å². The zero-order chi connectivity index (χ0) is 32.2. The average molecular weight is 639 g/mol. The van der Waals surface area contributed by atoms with Gasteiger partial charge in [0.2, 0.25) is 5.91 Å². The topological polar surface area (TPSA) is 127 Å². The fourth-order valence-corrected chi connectivity index (χ4v) is 12.8. The first-order valence-electron chi connectivity index (χ1n) is 17.5. The average Bonchev–Trinajstić information content (AvgIpc) is 3.75. The predicted octanol–water partition coefficient (Wildman–Crippen LogP) is 3.39. The molecule has 1 heterocycles. The number of nitrogens with one attached hydrogen (secondary N) is 1. The number of rotatable bonds is 8. The van der Waals surface area contributed by atoms with Gasteiger partial charge >= 0.3 is 5.97 Å². The molecule has 1 aromatic carbocycles. The minimum atomic E-state index is -1.48. The summed E-state index contributed by atoms with van der Waals surface area (Å²) >= 11 is 0. The molecule has 1 aliphatic heterocycles. The molecule has 0 radical (unpaired) electrons. The Bertz CT molecular complexity index is 1400. The molecule has 252 valence electrons. The van der Waals surface area contributed by atoms with Crippen molar-refractivity contribution in [2.75, 3.05) is 39.7 Å². The van der Waals surface area contributed by atoms with Crippen molar-refractivity contribution in [3.8, 4) is 0 Å². The number of carbonyl (C=O) groups is 2. The number of para-hydroxylation sites is 1. The van der Waals surface area contributed by atoms with E-state index in [1.165, 1.54) is 0 Å². The second-order valence-electron chi connectivity index (χ2n) is 15.5. The van der Waals surface area contributed by atoms with Crippen LogP contribution < -0.4 is 5.32 Å². The van der Waals surface area contributed by atoms with E-state index in [1.54, 1.807) is 33.5 Å². The van der Waals surface area contributed by atoms with Gasteiger partial charge < -0.3 is 34.5 Å². The molecule has 3 N–H and O–H groups in total. The number of ether oxygens (including phenoxy) is 4. The first kappa shape index (κ1) is 31.2. The molecule has 1 aromatic rings. The molecule has 7 fully saturated rings. The molecule has 1 spiro atoms. The molecule has 1 amide bonds. The van der Waals surface area contributed by atoms with Crippen molar-refractivity contribution in [3.05, 3.63) is 29.8 Å². The van der Waals surface area contributed by atoms with Crippen molar-refractivity contribution in [2.24, 2.45) is 35.0 Å². The van der Waals surface area contributed by atoms with Crippen LogP contribution in [0.15, 0.2) is 24.3 Å². The van der Waals surface area contributed by atoms with E-state index in [4.69, 9.17) is 18.9 Å². The highest BCUT2D eigenvalue weighted by molar-refractivity contribution is 6.02. The van der Waals surface area contributed by atoms with Crippen molar-refractivity contribution in [3.63, 3.8) is 0 Å². The Morgan fingerprint density at radius 2 is 1.76 bits per heavy atom. The van der Waals surface area contributed by atoms with Crippen LogP contribution in [0.2, 0.25) is 0 Å². The van der Waals surface area contributed by atoms with Crippen LogP contribution in [0.5, 0.6) is 0 Å². The number of amides is 1. The molecular formula is C36H50N2O8. The van der Waals surface area contributed by atoms with Crippen molar-refractivity contribution in [1.29, 1.82) is 0 Å². The fraction of sp³-hybridized carbons (Fsp3) is 0.778. The third-order valence-corrected chi connectivity index (χ3v) is 14.3. The van der Waals surface area contributed by atoms with Crippen LogP contribution >= 0.6 is 0 Å². The van der Waals surface area contributed by atoms with Gasteiger partial charge in [0.25, 0.3) is 0 Å². The maximum Gasteiger partial charge on any atom is 0.340 e. The molecule has 7 bridgehead atoms. The molecule has 6 aliphatic carbocycles. The van der Waals surface area contributed by atoms with Crippen molar-refractivity contribution in [2.45, 2.75) is 106 Å². The summed E-state index contributed by atoms with van der Waals surface area (Å²) in [5.74, 6) is -1.31. The highest BCUT2D eigenvalue weighted by Gasteiger charge is 2.89. The van der Waals surface area contributed by atoms with E-state index >= 15 is 0 Å². The van der Waals surface area contributed by atoms with E-state index in [2.05, 4.69) is 17.1 Å². The van der Waals surface area contributed by atoms with Crippen LogP contribution in [0.4, 0.5) is 5.69 Å². The summed E-state index contributed by atoms with van der Waals surface area (Å²) in [7, 11) is 5.09. The number of piperidine rings is 1. The van der Waals surface area contributed by atoms with Gasteiger partial charge in [-0.15, -0.1) is 0 Å². The van der Waals surface area contributed by atoms with Crippen molar-refractivity contribution in [1.82, 2.24) is 4.90 Å². The Kier molecular flexibility index (Phi) is 7.26. The molecule has 6 saturated carbocycles. The summed E-state index contributed by atoms with van der Waals surface area (Å²) in [4.78, 5) is 29.9. The predicted molar refractivity (Wildman–Crippen MR) is 168 cm³/mol. The third kappa shape index (κ3) is 3.69. The van der Waals surface area contributed by atoms with E-state index in [0.29, 0.717) is 56.4 Å². The minimum Gasteiger partial charge on any atom is -0.454 e. The quantitative estimate of drug-likeness (QED) is 0.368. The molecule has 7 aliphatic rings. The molecule has 12 atom stereocenters. The maximum absolute atomic E-state index is 14.3. The number of hydrogen-bond donors (Lipinski definition) is 3. The fourth-order valence-electron chi connectivity index (χ4n) is 12.8. The maximum atomic E-state index is 14.3. The summed E-state index contributed by atoms with van der Waals surface area (Å²) in [6.45, 7) is 3.40. The van der Waals surface area contributed by atoms with Gasteiger partial charge in [-0.1, -0.05) is 31.9 Å². The lowest BCUT2D eigenvalue weighted by Crippen LogP contribution is -2.83. The first-order chi connectivity index (χ1) is 22.1. The highest BCUT2D eigenvalue weighted by atomic mass is 16.6. The summed E-state index contributed by atoms with van der Waals surface area (Å²) in [6, 6.07) is 7.12. The molecule has 10 heteroatoms. The van der Waals surface area contributed by atoms with Gasteiger partial charge in [0, 0.05) is 75.3 Å². The standard InChI is InChI=1S/C36H50N2O8/c1-5-38-19-33(46-32(40)21-12-8-9-13-24(21)37-31(39)20-10-6-7-11-20)15-14-28(44-3)35-26(33)17-23(29(35)38)34(41)18-25(43-2)22-16-27(35)36(34,42)30(22)45-4/h8-9,12-13,20,22-23,25-30,41-42H,5-7,10-11,14-19H2,1-4H3,(H,37,39)/t22-,23+,25+,26-,27+,28+,29?,30+,33-,34+,35+,36+/m1/s1. The van der Waals surface area contributed by atoms with E-state index in [9.17, 15) is 19.8 Å². The largest absolute Gasteiger partial charge is 0.454 e. The van der Waals surface area contributed by atoms with Gasteiger partial charge in [0.1, 0.15) is 16.8 Å². The normalized spacial score (nSPS) is 47.2. The second-order valence-corrected chi connectivity index (χ2v) is 15.5. The number of likely N-dealkylation sites (N-methyl/N-ethyl adjacent to an activating group) is 1. The van der Waals surface area contributed by atoms with E-state index in [0.717, 1.165) is 25.7 Å². The zero-order valence-electron chi connectivity index (χ0n) is 27.6. The molecule has 1 saturated heterocycles. The first-order valence-corrected chi connectivity index (χ1v) is 17.5. The number of nitrogens with zero attached hydrogens (tertiary/aromatic N) is 1. The lowest BCUT2D eigenvalue weighted by molar-refractivity contribution is -0.337. The van der Waals surface area contributed by atoms with Crippen molar-refractivity contribution >= 4 is 17.6 Å². The summed E-state index contributed by atoms with van der Waals surface area (Å²) in [5.41, 5.74) is -3.47. The van der Waals surface area contributed by atoms with Gasteiger partial charge in [-0.3, -0.25) is 9.69 Å². The van der Waals surface area contributed by atoms with Crippen LogP contribution in [0.3, 0.4) is 0 Å². The molecular weight excluding hydrogens is 588 g/mol. The Balaban J connectivity index is 1.21. The molecule has 46 heavy (non-hydrogen) atoms. The van der Waals surface area contributed by atoms with Crippen LogP contribution in [0.25, 0.3) is 0 Å². The smallest absolute Gasteiger partial charge is 0.340 e. The van der Waals surface area contributed by atoms with Crippen LogP contribution in [0.1, 0.15) is 75.1 Å². The van der Waals surface area contributed by atoms with E-state index in [1.807, 2.05) is 12.1 Å².